The van der Waals surface area contributed by atoms with Crippen molar-refractivity contribution < 1.29 is 0 Å². The van der Waals surface area contributed by atoms with E-state index in [-0.39, 0.29) is 6.04 Å². The van der Waals surface area contributed by atoms with Gasteiger partial charge in [0.25, 0.3) is 0 Å². The molecule has 0 aliphatic rings. The molecule has 0 saturated heterocycles. The summed E-state index contributed by atoms with van der Waals surface area (Å²) in [6.45, 7) is 4.35. The number of hydrogen-bond acceptors (Lipinski definition) is 1. The van der Waals surface area contributed by atoms with E-state index >= 15 is 0 Å². The average Bonchev–Trinajstić information content (AvgIpc) is 2.08. The maximum absolute atomic E-state index is 6.05. The van der Waals surface area contributed by atoms with Gasteiger partial charge in [-0.25, -0.2) is 0 Å². The molecule has 0 aromatic heterocycles. The summed E-state index contributed by atoms with van der Waals surface area (Å²) in [6, 6.07) is 6.14. The van der Waals surface area contributed by atoms with E-state index in [2.05, 4.69) is 42.5 Å². The second kappa shape index (κ2) is 5.33. The molecule has 2 N–H and O–H groups in total. The number of nitrogens with two attached hydrogens (primary N) is 1. The molecule has 1 unspecified atom stereocenters. The minimum Gasteiger partial charge on any atom is -0.324 e. The number of rotatable bonds is 3. The minimum atomic E-state index is 0.101. The van der Waals surface area contributed by atoms with Crippen LogP contribution in [0, 0.1) is 9.49 Å². The van der Waals surface area contributed by atoms with Crippen molar-refractivity contribution in [3.05, 3.63) is 32.4 Å². The highest BCUT2D eigenvalue weighted by Crippen LogP contribution is 2.25. The van der Waals surface area contributed by atoms with E-state index < -0.39 is 0 Å². The lowest BCUT2D eigenvalue weighted by molar-refractivity contribution is 0.510. The summed E-state index contributed by atoms with van der Waals surface area (Å²) in [5.41, 5.74) is 7.18. The molecule has 1 rings (SSSR count). The van der Waals surface area contributed by atoms with Crippen molar-refractivity contribution >= 4 is 34.2 Å². The normalized spacial score (nSPS) is 13.3. The minimum absolute atomic E-state index is 0.101. The molecule has 1 aromatic rings. The van der Waals surface area contributed by atoms with Crippen molar-refractivity contribution in [2.24, 2.45) is 11.7 Å². The van der Waals surface area contributed by atoms with Crippen molar-refractivity contribution in [1.82, 2.24) is 0 Å². The second-order valence-electron chi connectivity index (χ2n) is 3.91. The summed E-state index contributed by atoms with van der Waals surface area (Å²) in [5.74, 6) is 0.614. The fourth-order valence-corrected chi connectivity index (χ4v) is 1.91. The summed E-state index contributed by atoms with van der Waals surface area (Å²) in [5, 5.41) is 0.794. The van der Waals surface area contributed by atoms with E-state index in [1.165, 1.54) is 0 Å². The lowest BCUT2D eigenvalue weighted by atomic mass is 9.98. The van der Waals surface area contributed by atoms with Crippen molar-refractivity contribution in [1.29, 1.82) is 0 Å². The molecule has 0 fully saturated rings. The topological polar surface area (TPSA) is 26.0 Å². The van der Waals surface area contributed by atoms with Gasteiger partial charge in [0.15, 0.2) is 0 Å². The first-order valence-corrected chi connectivity index (χ1v) is 6.17. The van der Waals surface area contributed by atoms with Gasteiger partial charge in [-0.15, -0.1) is 0 Å². The van der Waals surface area contributed by atoms with Gasteiger partial charge < -0.3 is 5.73 Å². The Bertz CT molecular complexity index is 312. The molecule has 3 heteroatoms. The molecule has 78 valence electrons. The van der Waals surface area contributed by atoms with Gasteiger partial charge in [0.05, 0.1) is 5.02 Å². The first-order valence-electron chi connectivity index (χ1n) is 4.71. The Labute approximate surface area is 104 Å². The Morgan fingerprint density at radius 2 is 2.07 bits per heavy atom. The van der Waals surface area contributed by atoms with Crippen LogP contribution in [0.15, 0.2) is 18.2 Å². The van der Waals surface area contributed by atoms with E-state index in [4.69, 9.17) is 17.3 Å². The summed E-state index contributed by atoms with van der Waals surface area (Å²) in [4.78, 5) is 0. The molecule has 0 bridgehead atoms. The van der Waals surface area contributed by atoms with Crippen LogP contribution in [0.5, 0.6) is 0 Å². The summed E-state index contributed by atoms with van der Waals surface area (Å²) in [7, 11) is 0. The van der Waals surface area contributed by atoms with Gasteiger partial charge in [0.2, 0.25) is 0 Å². The third kappa shape index (κ3) is 3.41. The standard InChI is InChI=1S/C11H15ClIN/c1-7(2)5-11(14)8-3-4-10(13)9(12)6-8/h3-4,6-7,11H,5,14H2,1-2H3. The monoisotopic (exact) mass is 323 g/mol. The van der Waals surface area contributed by atoms with Gasteiger partial charge in [-0.05, 0) is 52.6 Å². The zero-order chi connectivity index (χ0) is 10.7. The summed E-state index contributed by atoms with van der Waals surface area (Å²) < 4.78 is 1.07. The lowest BCUT2D eigenvalue weighted by Crippen LogP contribution is -2.12. The number of benzene rings is 1. The fraction of sp³-hybridized carbons (Fsp3) is 0.455. The molecule has 1 atom stereocenters. The third-order valence-electron chi connectivity index (χ3n) is 2.10. The van der Waals surface area contributed by atoms with Crippen molar-refractivity contribution in [3.63, 3.8) is 0 Å². The molecule has 0 heterocycles. The largest absolute Gasteiger partial charge is 0.324 e. The lowest BCUT2D eigenvalue weighted by Gasteiger charge is -2.14. The average molecular weight is 324 g/mol. The maximum Gasteiger partial charge on any atom is 0.0542 e. The Kier molecular flexibility index (Phi) is 4.67. The van der Waals surface area contributed by atoms with Crippen LogP contribution in [-0.2, 0) is 0 Å². The van der Waals surface area contributed by atoms with E-state index in [0.717, 1.165) is 20.6 Å². The van der Waals surface area contributed by atoms with Gasteiger partial charge >= 0.3 is 0 Å². The molecule has 14 heavy (non-hydrogen) atoms. The fourth-order valence-electron chi connectivity index (χ4n) is 1.39. The molecule has 0 spiro atoms. The predicted molar refractivity (Wildman–Crippen MR) is 70.6 cm³/mol. The Balaban J connectivity index is 2.80. The van der Waals surface area contributed by atoms with Gasteiger partial charge in [-0.2, -0.15) is 0 Å². The molecular weight excluding hydrogens is 308 g/mol. The van der Waals surface area contributed by atoms with Crippen LogP contribution in [0.3, 0.4) is 0 Å². The first-order chi connectivity index (χ1) is 6.50. The van der Waals surface area contributed by atoms with Crippen LogP contribution in [-0.4, -0.2) is 0 Å². The van der Waals surface area contributed by atoms with Crippen LogP contribution in [0.4, 0.5) is 0 Å². The molecule has 1 aromatic carbocycles. The number of hydrogen-bond donors (Lipinski definition) is 1. The predicted octanol–water partition coefficient (Wildman–Crippen LogP) is 3.99. The zero-order valence-electron chi connectivity index (χ0n) is 8.43. The molecular formula is C11H15ClIN. The van der Waals surface area contributed by atoms with Gasteiger partial charge in [0, 0.05) is 9.61 Å². The highest BCUT2D eigenvalue weighted by Gasteiger charge is 2.09. The highest BCUT2D eigenvalue weighted by molar-refractivity contribution is 14.1. The van der Waals surface area contributed by atoms with Crippen LogP contribution >= 0.6 is 34.2 Å². The van der Waals surface area contributed by atoms with Crippen molar-refractivity contribution in [2.75, 3.05) is 0 Å². The van der Waals surface area contributed by atoms with E-state index in [1.54, 1.807) is 0 Å². The smallest absolute Gasteiger partial charge is 0.0542 e. The molecule has 0 aliphatic heterocycles. The van der Waals surface area contributed by atoms with E-state index in [9.17, 15) is 0 Å². The van der Waals surface area contributed by atoms with Gasteiger partial charge in [-0.3, -0.25) is 0 Å². The van der Waals surface area contributed by atoms with Crippen LogP contribution in [0.2, 0.25) is 5.02 Å². The molecule has 0 saturated carbocycles. The van der Waals surface area contributed by atoms with Crippen LogP contribution < -0.4 is 5.73 Å². The van der Waals surface area contributed by atoms with Crippen molar-refractivity contribution in [3.8, 4) is 0 Å². The summed E-state index contributed by atoms with van der Waals surface area (Å²) in [6.07, 6.45) is 0.997. The SMILES string of the molecule is CC(C)CC(N)c1ccc(I)c(Cl)c1. The molecule has 0 amide bonds. The Morgan fingerprint density at radius 3 is 2.57 bits per heavy atom. The zero-order valence-corrected chi connectivity index (χ0v) is 11.3. The van der Waals surface area contributed by atoms with E-state index in [1.807, 2.05) is 12.1 Å². The Hall–Kier alpha value is 0.200. The second-order valence-corrected chi connectivity index (χ2v) is 5.48. The maximum atomic E-state index is 6.05. The molecule has 0 aliphatic carbocycles. The Morgan fingerprint density at radius 1 is 1.43 bits per heavy atom. The summed E-state index contributed by atoms with van der Waals surface area (Å²) >= 11 is 8.25. The van der Waals surface area contributed by atoms with Gasteiger partial charge in [0.1, 0.15) is 0 Å². The third-order valence-corrected chi connectivity index (χ3v) is 3.67. The van der Waals surface area contributed by atoms with Crippen molar-refractivity contribution in [2.45, 2.75) is 26.3 Å². The first kappa shape index (κ1) is 12.3. The van der Waals surface area contributed by atoms with Gasteiger partial charge in [-0.1, -0.05) is 31.5 Å². The van der Waals surface area contributed by atoms with Crippen LogP contribution in [0.25, 0.3) is 0 Å². The highest BCUT2D eigenvalue weighted by atomic mass is 127. The quantitative estimate of drug-likeness (QED) is 0.836. The molecule has 1 nitrogen and oxygen atoms in total. The number of halogens is 2. The van der Waals surface area contributed by atoms with Crippen LogP contribution in [0.1, 0.15) is 31.9 Å². The molecule has 0 radical (unpaired) electrons. The van der Waals surface area contributed by atoms with E-state index in [0.29, 0.717) is 5.92 Å².